The first-order valence-electron chi connectivity index (χ1n) is 8.54. The lowest BCUT2D eigenvalue weighted by atomic mass is 10.00. The van der Waals surface area contributed by atoms with Gasteiger partial charge in [-0.3, -0.25) is 14.4 Å². The van der Waals surface area contributed by atoms with Crippen molar-refractivity contribution in [2.75, 3.05) is 12.8 Å². The Kier molecular flexibility index (Phi) is 6.05. The standard InChI is InChI=1S/C19H18N4O4S/c1-21-19(26)16-15-17(25)13(10-12(24)18(15)27-23-16)28-9-5-8-14(20)22-11-6-3-2-4-7-11/h2-4,6-7,10H,5,8-9H2,1H3,(H2,20,22)(H,21,26). The van der Waals surface area contributed by atoms with Crippen LogP contribution in [0.4, 0.5) is 5.69 Å². The molecule has 3 N–H and O–H groups in total. The van der Waals surface area contributed by atoms with E-state index in [1.54, 1.807) is 0 Å². The fourth-order valence-electron chi connectivity index (χ4n) is 2.58. The topological polar surface area (TPSA) is 128 Å². The SMILES string of the molecule is CNC(=O)c1noc2c1C(=O)C(SCCCC(N)=Nc1ccccc1)=CC2=O. The van der Waals surface area contributed by atoms with E-state index in [0.717, 1.165) is 5.69 Å². The van der Waals surface area contributed by atoms with Crippen LogP contribution in [0.1, 0.15) is 44.2 Å². The van der Waals surface area contributed by atoms with Gasteiger partial charge in [-0.15, -0.1) is 11.8 Å². The molecule has 0 aliphatic heterocycles. The van der Waals surface area contributed by atoms with E-state index >= 15 is 0 Å². The molecule has 0 radical (unpaired) electrons. The summed E-state index contributed by atoms with van der Waals surface area (Å²) in [6.45, 7) is 0. The summed E-state index contributed by atoms with van der Waals surface area (Å²) in [5.74, 6) is -0.647. The second-order valence-electron chi connectivity index (χ2n) is 5.91. The Morgan fingerprint density at radius 3 is 2.75 bits per heavy atom. The number of hydrogen-bond acceptors (Lipinski definition) is 7. The fraction of sp³-hybridized carbons (Fsp3) is 0.211. The third-order valence-corrected chi connectivity index (χ3v) is 5.04. The molecule has 0 atom stereocenters. The number of thioether (sulfide) groups is 1. The minimum Gasteiger partial charge on any atom is -0.387 e. The lowest BCUT2D eigenvalue weighted by Crippen LogP contribution is -2.23. The summed E-state index contributed by atoms with van der Waals surface area (Å²) in [6.07, 6.45) is 2.44. The van der Waals surface area contributed by atoms with Crippen LogP contribution in [-0.4, -0.2) is 41.3 Å². The average Bonchev–Trinajstić information content (AvgIpc) is 3.15. The third kappa shape index (κ3) is 4.20. The maximum atomic E-state index is 12.7. The van der Waals surface area contributed by atoms with E-state index in [4.69, 9.17) is 10.3 Å². The lowest BCUT2D eigenvalue weighted by molar-refractivity contribution is 0.0944. The van der Waals surface area contributed by atoms with Crippen molar-refractivity contribution in [3.63, 3.8) is 0 Å². The molecule has 9 heteroatoms. The number of carbonyl (C=O) groups excluding carboxylic acids is 3. The number of nitrogens with one attached hydrogen (secondary N) is 1. The van der Waals surface area contributed by atoms with Crippen molar-refractivity contribution in [3.8, 4) is 0 Å². The van der Waals surface area contributed by atoms with E-state index in [9.17, 15) is 14.4 Å². The number of amidine groups is 1. The zero-order valence-electron chi connectivity index (χ0n) is 15.1. The molecule has 0 saturated carbocycles. The predicted molar refractivity (Wildman–Crippen MR) is 106 cm³/mol. The molecule has 0 fully saturated rings. The maximum Gasteiger partial charge on any atom is 0.274 e. The molecule has 0 spiro atoms. The van der Waals surface area contributed by atoms with Gasteiger partial charge in [-0.05, 0) is 24.3 Å². The molecule has 0 saturated heterocycles. The van der Waals surface area contributed by atoms with Crippen LogP contribution < -0.4 is 11.1 Å². The van der Waals surface area contributed by atoms with Crippen molar-refractivity contribution in [2.45, 2.75) is 12.8 Å². The molecule has 28 heavy (non-hydrogen) atoms. The highest BCUT2D eigenvalue weighted by atomic mass is 32.2. The summed E-state index contributed by atoms with van der Waals surface area (Å²) in [7, 11) is 1.41. The minimum atomic E-state index is -0.581. The summed E-state index contributed by atoms with van der Waals surface area (Å²) < 4.78 is 4.89. The van der Waals surface area contributed by atoms with Gasteiger partial charge in [0.1, 0.15) is 5.56 Å². The van der Waals surface area contributed by atoms with E-state index in [-0.39, 0.29) is 21.9 Å². The second kappa shape index (κ2) is 8.66. The number of benzene rings is 1. The third-order valence-electron chi connectivity index (χ3n) is 3.93. The van der Waals surface area contributed by atoms with Crippen molar-refractivity contribution in [2.24, 2.45) is 10.7 Å². The van der Waals surface area contributed by atoms with Crippen molar-refractivity contribution in [3.05, 3.63) is 58.3 Å². The summed E-state index contributed by atoms with van der Waals surface area (Å²) in [5, 5.41) is 5.93. The van der Waals surface area contributed by atoms with Crippen molar-refractivity contribution < 1.29 is 18.9 Å². The summed E-state index contributed by atoms with van der Waals surface area (Å²) in [6, 6.07) is 9.38. The molecule has 2 aromatic rings. The van der Waals surface area contributed by atoms with Gasteiger partial charge in [-0.25, -0.2) is 4.99 Å². The Morgan fingerprint density at radius 1 is 1.29 bits per heavy atom. The molecule has 1 aliphatic carbocycles. The number of fused-ring (bicyclic) bond motifs is 1. The van der Waals surface area contributed by atoms with Gasteiger partial charge >= 0.3 is 0 Å². The van der Waals surface area contributed by atoms with Crippen LogP contribution in [-0.2, 0) is 0 Å². The molecule has 1 aliphatic rings. The number of Topliss-reactive ketones (excluding diaryl/α,β-unsaturated/α-hetero) is 1. The molecule has 1 amide bonds. The maximum absolute atomic E-state index is 12.7. The Bertz CT molecular complexity index is 979. The number of nitrogens with zero attached hydrogens (tertiary/aromatic N) is 2. The van der Waals surface area contributed by atoms with E-state index in [0.29, 0.717) is 24.4 Å². The van der Waals surface area contributed by atoms with Gasteiger partial charge in [0.25, 0.3) is 5.91 Å². The predicted octanol–water partition coefficient (Wildman–Crippen LogP) is 2.50. The van der Waals surface area contributed by atoms with Gasteiger partial charge in [-0.2, -0.15) is 0 Å². The van der Waals surface area contributed by atoms with Crippen LogP contribution in [0.25, 0.3) is 0 Å². The molecule has 1 heterocycles. The first kappa shape index (κ1) is 19.6. The van der Waals surface area contributed by atoms with Gasteiger partial charge < -0.3 is 15.6 Å². The summed E-state index contributed by atoms with van der Waals surface area (Å²) >= 11 is 1.23. The van der Waals surface area contributed by atoms with Crippen LogP contribution in [0.2, 0.25) is 0 Å². The van der Waals surface area contributed by atoms with E-state index in [1.807, 2.05) is 30.3 Å². The average molecular weight is 398 g/mol. The molecule has 1 aromatic heterocycles. The molecule has 3 rings (SSSR count). The normalized spacial score (nSPS) is 13.9. The van der Waals surface area contributed by atoms with E-state index in [1.165, 1.54) is 24.9 Å². The number of ketones is 2. The first-order valence-corrected chi connectivity index (χ1v) is 9.53. The molecule has 0 bridgehead atoms. The summed E-state index contributed by atoms with van der Waals surface area (Å²) in [4.78, 5) is 41.2. The highest BCUT2D eigenvalue weighted by Crippen LogP contribution is 2.31. The molecule has 8 nitrogen and oxygen atoms in total. The van der Waals surface area contributed by atoms with Gasteiger partial charge in [0.05, 0.1) is 16.4 Å². The number of amides is 1. The number of aromatic nitrogens is 1. The molecular weight excluding hydrogens is 380 g/mol. The van der Waals surface area contributed by atoms with Crippen LogP contribution in [0.15, 0.2) is 50.8 Å². The van der Waals surface area contributed by atoms with Crippen LogP contribution in [0.3, 0.4) is 0 Å². The molecule has 1 aromatic carbocycles. The Morgan fingerprint density at radius 2 is 2.04 bits per heavy atom. The Labute approximate surface area is 165 Å². The van der Waals surface area contributed by atoms with Crippen LogP contribution in [0.5, 0.6) is 0 Å². The lowest BCUT2D eigenvalue weighted by Gasteiger charge is -2.10. The zero-order valence-corrected chi connectivity index (χ0v) is 15.9. The van der Waals surface area contributed by atoms with Crippen LogP contribution in [0, 0.1) is 0 Å². The van der Waals surface area contributed by atoms with Gasteiger partial charge in [0.2, 0.25) is 17.3 Å². The number of hydrogen-bond donors (Lipinski definition) is 2. The van der Waals surface area contributed by atoms with Crippen molar-refractivity contribution >= 4 is 40.8 Å². The minimum absolute atomic E-state index is 0.0838. The van der Waals surface area contributed by atoms with Gasteiger partial charge in [-0.1, -0.05) is 23.4 Å². The number of para-hydroxylation sites is 1. The number of rotatable bonds is 7. The summed E-state index contributed by atoms with van der Waals surface area (Å²) in [5.41, 5.74) is 6.45. The largest absolute Gasteiger partial charge is 0.387 e. The van der Waals surface area contributed by atoms with Crippen molar-refractivity contribution in [1.82, 2.24) is 10.5 Å². The molecule has 144 valence electrons. The fourth-order valence-corrected chi connectivity index (χ4v) is 3.51. The number of nitrogens with two attached hydrogens (primary N) is 1. The Hall–Kier alpha value is -3.20. The van der Waals surface area contributed by atoms with Crippen molar-refractivity contribution in [1.29, 1.82) is 0 Å². The first-order chi connectivity index (χ1) is 13.5. The van der Waals surface area contributed by atoms with E-state index in [2.05, 4.69) is 15.5 Å². The highest BCUT2D eigenvalue weighted by molar-refractivity contribution is 8.04. The van der Waals surface area contributed by atoms with Crippen LogP contribution >= 0.6 is 11.8 Å². The monoisotopic (exact) mass is 398 g/mol. The highest BCUT2D eigenvalue weighted by Gasteiger charge is 2.35. The smallest absolute Gasteiger partial charge is 0.274 e. The van der Waals surface area contributed by atoms with Gasteiger partial charge in [0.15, 0.2) is 5.69 Å². The zero-order chi connectivity index (χ0) is 20.1. The Balaban J connectivity index is 1.60. The van der Waals surface area contributed by atoms with E-state index < -0.39 is 17.5 Å². The quantitative estimate of drug-likeness (QED) is 0.416. The number of aliphatic imine (C=N–C) groups is 1. The second-order valence-corrected chi connectivity index (χ2v) is 7.04. The molecule has 0 unspecified atom stereocenters. The molecular formula is C19H18N4O4S. The van der Waals surface area contributed by atoms with Gasteiger partial charge in [0, 0.05) is 19.5 Å². The number of carbonyl (C=O) groups is 3. The number of allylic oxidation sites excluding steroid dienone is 2.